The van der Waals surface area contributed by atoms with Crippen molar-refractivity contribution in [1.29, 1.82) is 0 Å². The molecule has 0 atom stereocenters. The highest BCUT2D eigenvalue weighted by Gasteiger charge is 2.53. The van der Waals surface area contributed by atoms with E-state index in [-0.39, 0.29) is 11.9 Å². The van der Waals surface area contributed by atoms with E-state index in [1.807, 2.05) is 6.92 Å². The zero-order valence-corrected chi connectivity index (χ0v) is 13.0. The summed E-state index contributed by atoms with van der Waals surface area (Å²) in [7, 11) is 0. The minimum Gasteiger partial charge on any atom is -0.338 e. The van der Waals surface area contributed by atoms with Crippen LogP contribution in [0.3, 0.4) is 0 Å². The molecule has 4 N–H and O–H groups in total. The summed E-state index contributed by atoms with van der Waals surface area (Å²) >= 11 is 0. The Morgan fingerprint density at radius 2 is 1.67 bits per heavy atom. The van der Waals surface area contributed by atoms with E-state index in [0.29, 0.717) is 18.6 Å². The number of hydrogen-bond donors (Lipinski definition) is 3. The van der Waals surface area contributed by atoms with Gasteiger partial charge in [0.05, 0.1) is 5.54 Å². The first-order valence-corrected chi connectivity index (χ1v) is 8.50. The lowest BCUT2D eigenvalue weighted by Gasteiger charge is -2.54. The quantitative estimate of drug-likeness (QED) is 0.700. The predicted octanol–water partition coefficient (Wildman–Crippen LogP) is 0.754. The van der Waals surface area contributed by atoms with Gasteiger partial charge >= 0.3 is 6.03 Å². The third-order valence-corrected chi connectivity index (χ3v) is 5.59. The Balaban J connectivity index is 1.46. The molecule has 0 aromatic heterocycles. The van der Waals surface area contributed by atoms with Crippen LogP contribution in [0.4, 0.5) is 4.79 Å². The Kier molecular flexibility index (Phi) is 4.20. The first-order chi connectivity index (χ1) is 10.1. The molecule has 4 fully saturated rings. The maximum Gasteiger partial charge on any atom is 0.321 e. The molecule has 4 saturated carbocycles. The van der Waals surface area contributed by atoms with Crippen molar-refractivity contribution in [1.82, 2.24) is 10.6 Å². The average molecular weight is 294 g/mol. The summed E-state index contributed by atoms with van der Waals surface area (Å²) in [5, 5.41) is 7.34. The van der Waals surface area contributed by atoms with Crippen LogP contribution in [0.25, 0.3) is 0 Å². The first-order valence-electron chi connectivity index (χ1n) is 8.50. The van der Waals surface area contributed by atoms with E-state index in [4.69, 9.17) is 0 Å². The zero-order chi connectivity index (χ0) is 14.9. The van der Waals surface area contributed by atoms with Gasteiger partial charge in [-0.1, -0.05) is 6.92 Å². The van der Waals surface area contributed by atoms with Gasteiger partial charge in [0.25, 0.3) is 5.91 Å². The molecule has 4 rings (SSSR count). The fraction of sp³-hybridized carbons (Fsp3) is 0.875. The molecule has 0 saturated heterocycles. The molecule has 118 valence electrons. The van der Waals surface area contributed by atoms with Crippen LogP contribution < -0.4 is 16.0 Å². The molecule has 21 heavy (non-hydrogen) atoms. The molecule has 0 unspecified atom stereocenters. The molecule has 4 aliphatic carbocycles. The first kappa shape index (κ1) is 14.8. The number of amides is 3. The van der Waals surface area contributed by atoms with Gasteiger partial charge in [0.1, 0.15) is 0 Å². The number of hydrogen-bond acceptors (Lipinski definition) is 2. The van der Waals surface area contributed by atoms with Crippen LogP contribution in [0.2, 0.25) is 0 Å². The number of urea groups is 1. The minimum atomic E-state index is -0.360. The molecule has 5 nitrogen and oxygen atoms in total. The lowest BCUT2D eigenvalue weighted by Crippen LogP contribution is -3.00. The SMILES string of the molecule is CCCNC(=O)NC(=O)C[NH2+]C12CC3CC(CC(C3)C1)C2. The van der Waals surface area contributed by atoms with Crippen LogP contribution in [0.1, 0.15) is 51.9 Å². The number of carbonyl (C=O) groups excluding carboxylic acids is 2. The number of quaternary nitrogens is 1. The van der Waals surface area contributed by atoms with E-state index in [1.165, 1.54) is 38.5 Å². The summed E-state index contributed by atoms with van der Waals surface area (Å²) in [5.41, 5.74) is 0.298. The highest BCUT2D eigenvalue weighted by Crippen LogP contribution is 2.54. The fourth-order valence-corrected chi connectivity index (χ4v) is 5.20. The Labute approximate surface area is 126 Å². The second kappa shape index (κ2) is 5.95. The number of nitrogens with one attached hydrogen (secondary N) is 2. The van der Waals surface area contributed by atoms with E-state index in [0.717, 1.165) is 24.2 Å². The molecule has 4 aliphatic rings. The maximum atomic E-state index is 11.9. The van der Waals surface area contributed by atoms with Gasteiger partial charge in [-0.15, -0.1) is 0 Å². The van der Waals surface area contributed by atoms with Crippen LogP contribution in [0.5, 0.6) is 0 Å². The minimum absolute atomic E-state index is 0.167. The monoisotopic (exact) mass is 294 g/mol. The predicted molar refractivity (Wildman–Crippen MR) is 79.5 cm³/mol. The average Bonchev–Trinajstić information content (AvgIpc) is 2.42. The largest absolute Gasteiger partial charge is 0.338 e. The van der Waals surface area contributed by atoms with Crippen molar-refractivity contribution in [3.05, 3.63) is 0 Å². The molecule has 3 amide bonds. The summed E-state index contributed by atoms with van der Waals surface area (Å²) in [6, 6.07) is -0.360. The molecule has 0 aliphatic heterocycles. The maximum absolute atomic E-state index is 11.9. The van der Waals surface area contributed by atoms with Crippen LogP contribution in [-0.2, 0) is 4.79 Å². The van der Waals surface area contributed by atoms with Gasteiger partial charge in [-0.3, -0.25) is 10.1 Å². The lowest BCUT2D eigenvalue weighted by atomic mass is 9.53. The molecule has 4 bridgehead atoms. The highest BCUT2D eigenvalue weighted by atomic mass is 16.2. The van der Waals surface area contributed by atoms with Gasteiger partial charge in [0, 0.05) is 25.8 Å². The molecule has 0 radical (unpaired) electrons. The van der Waals surface area contributed by atoms with Gasteiger partial charge < -0.3 is 10.6 Å². The second-order valence-corrected chi connectivity index (χ2v) is 7.49. The van der Waals surface area contributed by atoms with Crippen molar-refractivity contribution in [2.24, 2.45) is 17.8 Å². The third-order valence-electron chi connectivity index (χ3n) is 5.59. The van der Waals surface area contributed by atoms with Crippen molar-refractivity contribution in [3.8, 4) is 0 Å². The second-order valence-electron chi connectivity index (χ2n) is 7.49. The smallest absolute Gasteiger partial charge is 0.321 e. The van der Waals surface area contributed by atoms with E-state index >= 15 is 0 Å². The molecule has 0 heterocycles. The van der Waals surface area contributed by atoms with E-state index in [9.17, 15) is 9.59 Å². The molecular formula is C16H28N3O2+. The fourth-order valence-electron chi connectivity index (χ4n) is 5.20. The molecule has 5 heteroatoms. The van der Waals surface area contributed by atoms with E-state index < -0.39 is 0 Å². The van der Waals surface area contributed by atoms with Gasteiger partial charge in [-0.2, -0.15) is 0 Å². The van der Waals surface area contributed by atoms with Gasteiger partial charge in [0.2, 0.25) is 0 Å². The Bertz CT molecular complexity index is 386. The molecular weight excluding hydrogens is 266 g/mol. The van der Waals surface area contributed by atoms with Crippen LogP contribution in [-0.4, -0.2) is 30.6 Å². The van der Waals surface area contributed by atoms with Crippen LogP contribution >= 0.6 is 0 Å². The Morgan fingerprint density at radius 3 is 2.19 bits per heavy atom. The number of carbonyl (C=O) groups is 2. The molecule has 0 spiro atoms. The van der Waals surface area contributed by atoms with Crippen molar-refractivity contribution < 1.29 is 14.9 Å². The summed E-state index contributed by atoms with van der Waals surface area (Å²) in [6.07, 6.45) is 8.94. The Hall–Kier alpha value is -1.10. The summed E-state index contributed by atoms with van der Waals surface area (Å²) < 4.78 is 0. The van der Waals surface area contributed by atoms with Crippen LogP contribution in [0, 0.1) is 17.8 Å². The molecule has 0 aromatic carbocycles. The molecule has 0 aromatic rings. The standard InChI is InChI=1S/C16H27N3O2/c1-2-3-17-15(21)19-14(20)10-18-16-7-11-4-12(8-16)6-13(5-11)9-16/h11-13,18H,2-10H2,1H3,(H2,17,19,20,21)/p+1. The highest BCUT2D eigenvalue weighted by molar-refractivity contribution is 5.94. The van der Waals surface area contributed by atoms with Gasteiger partial charge in [-0.05, 0) is 43.4 Å². The van der Waals surface area contributed by atoms with Crippen molar-refractivity contribution >= 4 is 11.9 Å². The number of imide groups is 1. The topological polar surface area (TPSA) is 74.8 Å². The normalized spacial score (nSPS) is 36.5. The Morgan fingerprint density at radius 1 is 1.10 bits per heavy atom. The van der Waals surface area contributed by atoms with Crippen LogP contribution in [0.15, 0.2) is 0 Å². The summed E-state index contributed by atoms with van der Waals surface area (Å²) in [5.74, 6) is 2.51. The van der Waals surface area contributed by atoms with Crippen molar-refractivity contribution in [2.75, 3.05) is 13.1 Å². The zero-order valence-electron chi connectivity index (χ0n) is 13.0. The summed E-state index contributed by atoms with van der Waals surface area (Å²) in [6.45, 7) is 2.98. The number of rotatable bonds is 5. The van der Waals surface area contributed by atoms with Gasteiger partial charge in [0.15, 0.2) is 6.54 Å². The van der Waals surface area contributed by atoms with E-state index in [1.54, 1.807) is 0 Å². The van der Waals surface area contributed by atoms with Crippen molar-refractivity contribution in [3.63, 3.8) is 0 Å². The summed E-state index contributed by atoms with van der Waals surface area (Å²) in [4.78, 5) is 23.4. The lowest BCUT2D eigenvalue weighted by molar-refractivity contribution is -0.730. The third kappa shape index (κ3) is 3.39. The number of nitrogens with two attached hydrogens (primary N) is 1. The van der Waals surface area contributed by atoms with Crippen molar-refractivity contribution in [2.45, 2.75) is 57.4 Å². The van der Waals surface area contributed by atoms with E-state index in [2.05, 4.69) is 16.0 Å². The van der Waals surface area contributed by atoms with Gasteiger partial charge in [-0.25, -0.2) is 4.79 Å².